The lowest BCUT2D eigenvalue weighted by atomic mass is 10.0. The maximum atomic E-state index is 13.6. The maximum absolute atomic E-state index is 13.6. The highest BCUT2D eigenvalue weighted by Crippen LogP contribution is 2.34. The van der Waals surface area contributed by atoms with Gasteiger partial charge in [-0.1, -0.05) is 41.4 Å². The Morgan fingerprint density at radius 3 is 1.81 bits per heavy atom. The molecule has 0 unspecified atom stereocenters. The van der Waals surface area contributed by atoms with Crippen molar-refractivity contribution in [2.45, 2.75) is 81.6 Å². The van der Waals surface area contributed by atoms with E-state index < -0.39 is 57.9 Å². The van der Waals surface area contributed by atoms with E-state index in [1.807, 2.05) is 31.2 Å². The highest BCUT2D eigenvalue weighted by molar-refractivity contribution is 7.89. The van der Waals surface area contributed by atoms with Crippen LogP contribution in [0.1, 0.15) is 44.4 Å². The third-order valence-electron chi connectivity index (χ3n) is 8.71. The summed E-state index contributed by atoms with van der Waals surface area (Å²) in [7, 11) is -4.30. The number of alkyl halides is 9. The van der Waals surface area contributed by atoms with Crippen molar-refractivity contribution < 1.29 is 92.0 Å². The van der Waals surface area contributed by atoms with Crippen molar-refractivity contribution in [3.63, 3.8) is 0 Å². The van der Waals surface area contributed by atoms with Gasteiger partial charge < -0.3 is 46.6 Å². The maximum Gasteiger partial charge on any atom is 0.490 e. The van der Waals surface area contributed by atoms with Gasteiger partial charge in [0.2, 0.25) is 21.8 Å². The van der Waals surface area contributed by atoms with Gasteiger partial charge in [0.25, 0.3) is 0 Å². The molecule has 0 saturated carbocycles. The summed E-state index contributed by atoms with van der Waals surface area (Å²) >= 11 is 13.1. The number of amides is 2. The zero-order chi connectivity index (χ0) is 53.5. The third-order valence-corrected chi connectivity index (χ3v) is 11.3. The molecule has 0 radical (unpaired) electrons. The second-order valence-corrected chi connectivity index (χ2v) is 17.1. The van der Waals surface area contributed by atoms with Crippen LogP contribution in [0.4, 0.5) is 39.5 Å². The number of guanidine groups is 1. The lowest BCUT2D eigenvalue weighted by Gasteiger charge is -2.39. The topological polar surface area (TPSA) is 309 Å². The number of carbonyl (C=O) groups is 5. The molecule has 1 aliphatic heterocycles. The Balaban J connectivity index is 0.000000938. The van der Waals surface area contributed by atoms with Crippen LogP contribution in [-0.2, 0) is 40.6 Å². The number of benzene rings is 2. The fourth-order valence-electron chi connectivity index (χ4n) is 5.43. The molecular weight excluding hydrogens is 1020 g/mol. The van der Waals surface area contributed by atoms with Gasteiger partial charge in [0.15, 0.2) is 5.96 Å². The van der Waals surface area contributed by atoms with Crippen LogP contribution >= 0.6 is 23.2 Å². The van der Waals surface area contributed by atoms with Gasteiger partial charge in [-0.05, 0) is 57.9 Å². The second kappa shape index (κ2) is 25.6. The predicted molar refractivity (Wildman–Crippen MR) is 228 cm³/mol. The van der Waals surface area contributed by atoms with E-state index in [-0.39, 0.29) is 64.5 Å². The number of ether oxygens (including phenoxy) is 1. The second-order valence-electron chi connectivity index (χ2n) is 14.7. The average Bonchev–Trinajstić information content (AvgIpc) is 3.21. The summed E-state index contributed by atoms with van der Waals surface area (Å²) in [6, 6.07) is 11.7. The summed E-state index contributed by atoms with van der Waals surface area (Å²) in [5, 5.41) is 32.2. The number of fused-ring (bicyclic) bond motifs is 1. The fraction of sp³-hybridized carbons (Fsp3) is 0.447. The van der Waals surface area contributed by atoms with Crippen molar-refractivity contribution in [1.29, 1.82) is 5.41 Å². The van der Waals surface area contributed by atoms with Crippen LogP contribution in [0.15, 0.2) is 47.4 Å². The van der Waals surface area contributed by atoms with Crippen LogP contribution < -0.4 is 26.2 Å². The number of carboxylic acids is 3. The Hall–Kier alpha value is -5.91. The molecule has 31 heteroatoms. The van der Waals surface area contributed by atoms with Crippen molar-refractivity contribution in [2.75, 3.05) is 32.7 Å². The minimum atomic E-state index is -5.08. The number of nitrogens with zero attached hydrogens (tertiary/aromatic N) is 3. The molecule has 1 fully saturated rings. The third kappa shape index (κ3) is 20.7. The van der Waals surface area contributed by atoms with Crippen LogP contribution in [0.5, 0.6) is 5.75 Å². The molecule has 2 heterocycles. The summed E-state index contributed by atoms with van der Waals surface area (Å²) in [5.41, 5.74) is 11.6. The number of sulfonamides is 1. The van der Waals surface area contributed by atoms with E-state index in [4.69, 9.17) is 74.5 Å². The Bertz CT molecular complexity index is 2370. The van der Waals surface area contributed by atoms with Gasteiger partial charge in [0.05, 0.1) is 5.02 Å². The highest BCUT2D eigenvalue weighted by atomic mass is 35.5. The number of pyridine rings is 1. The van der Waals surface area contributed by atoms with E-state index in [0.29, 0.717) is 43.7 Å². The molecule has 386 valence electrons. The molecule has 1 saturated heterocycles. The average molecular weight is 1060 g/mol. The van der Waals surface area contributed by atoms with Crippen molar-refractivity contribution in [3.8, 4) is 5.75 Å². The molecule has 0 bridgehead atoms. The van der Waals surface area contributed by atoms with Crippen LogP contribution in [0.2, 0.25) is 10.0 Å². The summed E-state index contributed by atoms with van der Waals surface area (Å²) < 4.78 is 131. The number of hydrogen-bond donors (Lipinski definition) is 8. The smallest absolute Gasteiger partial charge is 0.487 e. The lowest BCUT2D eigenvalue weighted by Crippen LogP contribution is -2.60. The van der Waals surface area contributed by atoms with Crippen LogP contribution in [0.3, 0.4) is 0 Å². The molecule has 0 spiro atoms. The first-order chi connectivity index (χ1) is 31.4. The largest absolute Gasteiger partial charge is 0.490 e. The molecule has 1 aliphatic rings. The standard InChI is InChI=1S/C32H42Cl2N8O5S.3C2HF3O2/c1-20-9-10-21-6-4-8-25(29(21)39-20)47-19-23-24(33)11-12-26(28(23)34)48(45,46)40-32(2,3)30(44)42-16-14-41(15-17-42)27(43)18-22(35)7-5-13-38-31(36)37;3*3-2(4,5)1(6)7/h4,6,8-12,22,40H,5,7,13-19,35H2,1-3H3,(H4,36,37,38);3*(H,6,7)/t22-;;;/m1.../s1. The molecule has 2 amide bonds. The molecule has 2 aromatic carbocycles. The van der Waals surface area contributed by atoms with Crippen molar-refractivity contribution in [2.24, 2.45) is 11.5 Å². The van der Waals surface area contributed by atoms with Crippen molar-refractivity contribution in [1.82, 2.24) is 24.8 Å². The summed E-state index contributed by atoms with van der Waals surface area (Å²) in [6.07, 6.45) is -13.8. The zero-order valence-corrected chi connectivity index (χ0v) is 38.5. The molecule has 0 aliphatic carbocycles. The molecule has 1 atom stereocenters. The van der Waals surface area contributed by atoms with Crippen LogP contribution in [-0.4, -0.2) is 137 Å². The quantitative estimate of drug-likeness (QED) is 0.0482. The first-order valence-corrected chi connectivity index (χ1v) is 21.5. The number of rotatable bonds is 13. The van der Waals surface area contributed by atoms with Crippen LogP contribution in [0.25, 0.3) is 10.9 Å². The minimum absolute atomic E-state index is 0.113. The first kappa shape index (κ1) is 61.1. The van der Waals surface area contributed by atoms with Crippen LogP contribution in [0, 0.1) is 12.3 Å². The number of aryl methyl sites for hydroxylation is 1. The molecule has 69 heavy (non-hydrogen) atoms. The summed E-state index contributed by atoms with van der Waals surface area (Å²) in [4.78, 5) is 60.5. The van der Waals surface area contributed by atoms with E-state index in [1.54, 1.807) is 11.0 Å². The number of halogens is 11. The highest BCUT2D eigenvalue weighted by Gasteiger charge is 2.41. The minimum Gasteiger partial charge on any atom is -0.487 e. The van der Waals surface area contributed by atoms with Gasteiger partial charge in [0, 0.05) is 66.9 Å². The number of piperazine rings is 1. The van der Waals surface area contributed by atoms with Gasteiger partial charge >= 0.3 is 36.4 Å². The zero-order valence-electron chi connectivity index (χ0n) is 36.2. The van der Waals surface area contributed by atoms with E-state index in [1.165, 1.54) is 30.9 Å². The molecule has 1 aromatic heterocycles. The molecule has 3 aromatic rings. The van der Waals surface area contributed by atoms with Gasteiger partial charge in [-0.2, -0.15) is 44.2 Å². The number of carbonyl (C=O) groups excluding carboxylic acids is 2. The normalized spacial score (nSPS) is 13.6. The van der Waals surface area contributed by atoms with E-state index in [2.05, 4.69) is 15.0 Å². The fourth-order valence-corrected chi connectivity index (χ4v) is 7.69. The van der Waals surface area contributed by atoms with Gasteiger partial charge in [-0.25, -0.2) is 27.8 Å². The number of nitrogens with two attached hydrogens (primary N) is 2. The number of aliphatic carboxylic acids is 3. The predicted octanol–water partition coefficient (Wildman–Crippen LogP) is 5.04. The molecular formula is C38H45Cl2F9N8O11S. The molecule has 19 nitrogen and oxygen atoms in total. The van der Waals surface area contributed by atoms with E-state index in [9.17, 15) is 57.5 Å². The van der Waals surface area contributed by atoms with Gasteiger partial charge in [-0.3, -0.25) is 15.0 Å². The Kier molecular flexibility index (Phi) is 22.7. The Morgan fingerprint density at radius 1 is 0.841 bits per heavy atom. The van der Waals surface area contributed by atoms with Crippen molar-refractivity contribution in [3.05, 3.63) is 63.8 Å². The molecule has 10 N–H and O–H groups in total. The van der Waals surface area contributed by atoms with Gasteiger partial charge in [-0.15, -0.1) is 0 Å². The van der Waals surface area contributed by atoms with Gasteiger partial charge in [0.1, 0.15) is 28.3 Å². The monoisotopic (exact) mass is 1060 g/mol. The number of carboxylic acid groups (broad SMARTS) is 3. The van der Waals surface area contributed by atoms with Crippen molar-refractivity contribution >= 4 is 79.8 Å². The SMILES string of the molecule is Cc1ccc2cccc(OCc3c(Cl)ccc(S(=O)(=O)NC(C)(C)C(=O)N4CCN(C(=O)C[C@H](N)CCCNC(=N)N)CC4)c3Cl)c2n1.O=C(O)C(F)(F)F.O=C(O)C(F)(F)F.O=C(O)C(F)(F)F. The summed E-state index contributed by atoms with van der Waals surface area (Å²) in [6.45, 7) is 6.27. The molecule has 4 rings (SSSR count). The number of aromatic nitrogens is 1. The van der Waals surface area contributed by atoms with E-state index in [0.717, 1.165) is 11.1 Å². The summed E-state index contributed by atoms with van der Waals surface area (Å²) in [5.74, 6) is -8.45. The number of hydrogen-bond acceptors (Lipinski definition) is 11. The first-order valence-electron chi connectivity index (χ1n) is 19.2. The van der Waals surface area contributed by atoms with E-state index >= 15 is 0 Å². The number of para-hydroxylation sites is 1. The lowest BCUT2D eigenvalue weighted by molar-refractivity contribution is -0.193. The Labute approximate surface area is 396 Å². The Morgan fingerprint density at radius 2 is 1.33 bits per heavy atom. The number of nitrogens with one attached hydrogen (secondary N) is 3.